The van der Waals surface area contributed by atoms with E-state index in [0.29, 0.717) is 18.4 Å². The first kappa shape index (κ1) is 24.4. The molecule has 1 N–H and O–H groups in total. The lowest BCUT2D eigenvalue weighted by Gasteiger charge is -2.54. The molecule has 1 spiro atoms. The molecule has 0 bridgehead atoms. The van der Waals surface area contributed by atoms with Gasteiger partial charge in [-0.25, -0.2) is 4.79 Å². The summed E-state index contributed by atoms with van der Waals surface area (Å²) in [7, 11) is 1.64. The van der Waals surface area contributed by atoms with E-state index < -0.39 is 12.1 Å². The van der Waals surface area contributed by atoms with Crippen molar-refractivity contribution in [3.05, 3.63) is 34.9 Å². The van der Waals surface area contributed by atoms with Gasteiger partial charge in [0.25, 0.3) is 0 Å². The van der Waals surface area contributed by atoms with Gasteiger partial charge in [0.2, 0.25) is 5.91 Å². The Bertz CT molecular complexity index is 729. The summed E-state index contributed by atoms with van der Waals surface area (Å²) in [4.78, 5) is 25.4. The number of methoxy groups -OCH3 is 1. The topological polar surface area (TPSA) is 70.1 Å². The standard InChI is InChI=1S/C18H25ClN2O2.C2HF3O2/c1-23-10-5-17(22)21-13-18(14-21)6-8-20(9-7-18)12-15-3-2-4-16(19)11-15;3-2(4,5)1(6)7/h2-4,11H,5-10,12-14H2,1H3;(H,6,7). The number of rotatable bonds is 5. The second kappa shape index (κ2) is 10.5. The fourth-order valence-electron chi connectivity index (χ4n) is 3.68. The van der Waals surface area contributed by atoms with Crippen LogP contribution in [-0.2, 0) is 20.9 Å². The molecule has 1 aromatic rings. The number of amides is 1. The van der Waals surface area contributed by atoms with Crippen LogP contribution in [0.25, 0.3) is 0 Å². The number of halogens is 4. The minimum atomic E-state index is -5.08. The van der Waals surface area contributed by atoms with Gasteiger partial charge in [0, 0.05) is 37.2 Å². The largest absolute Gasteiger partial charge is 0.490 e. The molecule has 6 nitrogen and oxygen atoms in total. The molecule has 30 heavy (non-hydrogen) atoms. The van der Waals surface area contributed by atoms with Crippen LogP contribution in [0.1, 0.15) is 24.8 Å². The Kier molecular flexibility index (Phi) is 8.52. The fraction of sp³-hybridized carbons (Fsp3) is 0.600. The Balaban J connectivity index is 0.000000396. The van der Waals surface area contributed by atoms with E-state index in [0.717, 1.165) is 37.7 Å². The van der Waals surface area contributed by atoms with Crippen LogP contribution in [0.4, 0.5) is 13.2 Å². The molecule has 168 valence electrons. The van der Waals surface area contributed by atoms with Gasteiger partial charge in [0.15, 0.2) is 0 Å². The van der Waals surface area contributed by atoms with E-state index in [9.17, 15) is 18.0 Å². The highest BCUT2D eigenvalue weighted by Gasteiger charge is 2.46. The number of ether oxygens (including phenoxy) is 1. The van der Waals surface area contributed by atoms with Crippen LogP contribution < -0.4 is 0 Å². The number of piperidine rings is 1. The third-order valence-corrected chi connectivity index (χ3v) is 5.61. The Morgan fingerprint density at radius 1 is 1.23 bits per heavy atom. The van der Waals surface area contributed by atoms with Gasteiger partial charge in [-0.3, -0.25) is 9.69 Å². The first-order valence-electron chi connectivity index (χ1n) is 9.58. The monoisotopic (exact) mass is 450 g/mol. The Hall–Kier alpha value is -1.84. The molecule has 2 saturated heterocycles. The predicted molar refractivity (Wildman–Crippen MR) is 105 cm³/mol. The summed E-state index contributed by atoms with van der Waals surface area (Å²) >= 11 is 6.06. The SMILES string of the molecule is COCCC(=O)N1CC2(CCN(Cc3cccc(Cl)c3)CC2)C1.O=C(O)C(F)(F)F. The lowest BCUT2D eigenvalue weighted by Crippen LogP contribution is -2.61. The molecule has 0 atom stereocenters. The Morgan fingerprint density at radius 2 is 1.83 bits per heavy atom. The Morgan fingerprint density at radius 3 is 2.33 bits per heavy atom. The summed E-state index contributed by atoms with van der Waals surface area (Å²) < 4.78 is 36.7. The number of hydrogen-bond acceptors (Lipinski definition) is 4. The van der Waals surface area contributed by atoms with Gasteiger partial charge in [-0.2, -0.15) is 13.2 Å². The van der Waals surface area contributed by atoms with Gasteiger partial charge >= 0.3 is 12.1 Å². The molecule has 2 heterocycles. The van der Waals surface area contributed by atoms with Crippen molar-refractivity contribution in [2.45, 2.75) is 32.0 Å². The smallest absolute Gasteiger partial charge is 0.475 e. The molecule has 2 aliphatic rings. The van der Waals surface area contributed by atoms with Crippen molar-refractivity contribution in [2.24, 2.45) is 5.41 Å². The van der Waals surface area contributed by atoms with E-state index in [-0.39, 0.29) is 5.91 Å². The highest BCUT2D eigenvalue weighted by atomic mass is 35.5. The molecule has 0 aromatic heterocycles. The number of benzene rings is 1. The summed E-state index contributed by atoms with van der Waals surface area (Å²) in [5.41, 5.74) is 1.64. The van der Waals surface area contributed by atoms with Crippen molar-refractivity contribution in [3.8, 4) is 0 Å². The number of carbonyl (C=O) groups is 2. The molecular weight excluding hydrogens is 425 g/mol. The van der Waals surface area contributed by atoms with Crippen LogP contribution in [0.15, 0.2) is 24.3 Å². The van der Waals surface area contributed by atoms with Gasteiger partial charge in [0.1, 0.15) is 0 Å². The highest BCUT2D eigenvalue weighted by Crippen LogP contribution is 2.40. The molecule has 1 aromatic carbocycles. The van der Waals surface area contributed by atoms with E-state index in [4.69, 9.17) is 26.2 Å². The van der Waals surface area contributed by atoms with Crippen molar-refractivity contribution < 1.29 is 32.6 Å². The van der Waals surface area contributed by atoms with Crippen molar-refractivity contribution in [2.75, 3.05) is 39.9 Å². The molecule has 0 unspecified atom stereocenters. The zero-order valence-corrected chi connectivity index (χ0v) is 17.5. The average molecular weight is 451 g/mol. The molecule has 0 radical (unpaired) electrons. The summed E-state index contributed by atoms with van der Waals surface area (Å²) in [6, 6.07) is 8.11. The first-order chi connectivity index (χ1) is 14.0. The van der Waals surface area contributed by atoms with Crippen LogP contribution >= 0.6 is 11.6 Å². The van der Waals surface area contributed by atoms with Gasteiger partial charge < -0.3 is 14.7 Å². The van der Waals surface area contributed by atoms with Crippen molar-refractivity contribution in [1.82, 2.24) is 9.80 Å². The van der Waals surface area contributed by atoms with Gasteiger partial charge in [-0.05, 0) is 43.6 Å². The van der Waals surface area contributed by atoms with Crippen molar-refractivity contribution in [3.63, 3.8) is 0 Å². The highest BCUT2D eigenvalue weighted by molar-refractivity contribution is 6.30. The van der Waals surface area contributed by atoms with E-state index in [2.05, 4.69) is 11.0 Å². The van der Waals surface area contributed by atoms with Crippen LogP contribution in [0.3, 0.4) is 0 Å². The molecule has 1 amide bonds. The van der Waals surface area contributed by atoms with Gasteiger partial charge in [-0.1, -0.05) is 23.7 Å². The van der Waals surface area contributed by atoms with Gasteiger partial charge in [0.05, 0.1) is 13.0 Å². The summed E-state index contributed by atoms with van der Waals surface area (Å²) in [5, 5.41) is 7.93. The Labute approximate surface area is 178 Å². The summed E-state index contributed by atoms with van der Waals surface area (Å²) in [6.45, 7) is 5.56. The minimum absolute atomic E-state index is 0.235. The minimum Gasteiger partial charge on any atom is -0.475 e. The number of hydrogen-bond donors (Lipinski definition) is 1. The summed E-state index contributed by atoms with van der Waals surface area (Å²) in [6.07, 6.45) is -2.21. The molecule has 0 saturated carbocycles. The van der Waals surface area contributed by atoms with Crippen molar-refractivity contribution >= 4 is 23.5 Å². The average Bonchev–Trinajstić information content (AvgIpc) is 2.65. The van der Waals surface area contributed by atoms with Crippen molar-refractivity contribution in [1.29, 1.82) is 0 Å². The third-order valence-electron chi connectivity index (χ3n) is 5.38. The van der Waals surface area contributed by atoms with Crippen LogP contribution in [0.2, 0.25) is 5.02 Å². The molecule has 3 rings (SSSR count). The number of aliphatic carboxylic acids is 1. The van der Waals surface area contributed by atoms with Crippen LogP contribution in [-0.4, -0.2) is 72.9 Å². The van der Waals surface area contributed by atoms with E-state index >= 15 is 0 Å². The maximum absolute atomic E-state index is 12.0. The number of nitrogens with zero attached hydrogens (tertiary/aromatic N) is 2. The van der Waals surface area contributed by atoms with Crippen LogP contribution in [0, 0.1) is 5.41 Å². The second-order valence-electron chi connectivity index (χ2n) is 7.70. The number of carboxylic acids is 1. The molecule has 2 aliphatic heterocycles. The molecule has 0 aliphatic carbocycles. The summed E-state index contributed by atoms with van der Waals surface area (Å²) in [5.74, 6) is -2.52. The predicted octanol–water partition coefficient (Wildman–Crippen LogP) is 3.43. The maximum Gasteiger partial charge on any atom is 0.490 e. The quantitative estimate of drug-likeness (QED) is 0.744. The van der Waals surface area contributed by atoms with E-state index in [1.54, 1.807) is 7.11 Å². The first-order valence-corrected chi connectivity index (χ1v) is 9.96. The number of carbonyl (C=O) groups excluding carboxylic acids is 1. The second-order valence-corrected chi connectivity index (χ2v) is 8.14. The van der Waals surface area contributed by atoms with Gasteiger partial charge in [-0.15, -0.1) is 0 Å². The zero-order chi connectivity index (χ0) is 22.4. The maximum atomic E-state index is 12.0. The van der Waals surface area contributed by atoms with Crippen LogP contribution in [0.5, 0.6) is 0 Å². The molecule has 10 heteroatoms. The number of alkyl halides is 3. The number of carboxylic acid groups (broad SMARTS) is 1. The lowest BCUT2D eigenvalue weighted by molar-refractivity contribution is -0.192. The zero-order valence-electron chi connectivity index (χ0n) is 16.8. The molecular formula is C20H26ClF3N2O4. The number of likely N-dealkylation sites (tertiary alicyclic amines) is 2. The normalized spacial score (nSPS) is 18.4. The third kappa shape index (κ3) is 7.14. The fourth-order valence-corrected chi connectivity index (χ4v) is 3.90. The van der Waals surface area contributed by atoms with E-state index in [1.807, 2.05) is 23.1 Å². The lowest BCUT2D eigenvalue weighted by atomic mass is 9.72. The van der Waals surface area contributed by atoms with E-state index in [1.165, 1.54) is 18.4 Å². The molecule has 2 fully saturated rings.